The largest absolute Gasteiger partial charge is 0.394 e. The summed E-state index contributed by atoms with van der Waals surface area (Å²) >= 11 is 11.8. The lowest BCUT2D eigenvalue weighted by Gasteiger charge is -2.15. The molecule has 0 aliphatic carbocycles. The second-order valence-corrected chi connectivity index (χ2v) is 5.33. The number of fused-ring (bicyclic) bond motifs is 1. The highest BCUT2D eigenvalue weighted by Gasteiger charge is 2.44. The Morgan fingerprint density at radius 3 is 2.55 bits per heavy atom. The predicted octanol–water partition coefficient (Wildman–Crippen LogP) is 0.350. The Balaban J connectivity index is 2.05. The van der Waals surface area contributed by atoms with Crippen LogP contribution in [0.15, 0.2) is 12.1 Å². The van der Waals surface area contributed by atoms with Crippen molar-refractivity contribution in [3.05, 3.63) is 22.2 Å². The van der Waals surface area contributed by atoms with Crippen LogP contribution < -0.4 is 0 Å². The number of aliphatic hydroxyl groups excluding tert-OH is 3. The number of rotatable bonds is 2. The van der Waals surface area contributed by atoms with E-state index < -0.39 is 31.1 Å². The lowest BCUT2D eigenvalue weighted by atomic mass is 10.1. The first-order chi connectivity index (χ1) is 9.52. The SMILES string of the molecule is OC[C@@H]1O[C@H](n2nnc3cc(Cl)c(Cl)cc32)[C@H](O)[C@@H]1O. The molecule has 1 aliphatic heterocycles. The van der Waals surface area contributed by atoms with Crippen LogP contribution in [-0.4, -0.2) is 55.2 Å². The van der Waals surface area contributed by atoms with Crippen molar-refractivity contribution in [2.75, 3.05) is 6.61 Å². The van der Waals surface area contributed by atoms with Crippen molar-refractivity contribution in [3.8, 4) is 0 Å². The normalized spacial score (nSPS) is 30.2. The molecule has 1 fully saturated rings. The first kappa shape index (κ1) is 14.0. The molecule has 2 heterocycles. The van der Waals surface area contributed by atoms with Crippen molar-refractivity contribution in [2.45, 2.75) is 24.5 Å². The first-order valence-corrected chi connectivity index (χ1v) is 6.61. The number of halogens is 2. The number of aliphatic hydroxyl groups is 3. The van der Waals surface area contributed by atoms with Crippen LogP contribution in [0.1, 0.15) is 6.23 Å². The molecule has 2 aromatic rings. The van der Waals surface area contributed by atoms with E-state index in [2.05, 4.69) is 10.3 Å². The fourth-order valence-electron chi connectivity index (χ4n) is 2.20. The zero-order valence-electron chi connectivity index (χ0n) is 10.0. The van der Waals surface area contributed by atoms with E-state index in [0.717, 1.165) is 0 Å². The van der Waals surface area contributed by atoms with Crippen molar-refractivity contribution in [3.63, 3.8) is 0 Å². The minimum absolute atomic E-state index is 0.314. The summed E-state index contributed by atoms with van der Waals surface area (Å²) in [6.07, 6.45) is -4.26. The number of ether oxygens (including phenoxy) is 1. The van der Waals surface area contributed by atoms with E-state index in [1.54, 1.807) is 12.1 Å². The van der Waals surface area contributed by atoms with Gasteiger partial charge in [-0.3, -0.25) is 0 Å². The molecule has 20 heavy (non-hydrogen) atoms. The van der Waals surface area contributed by atoms with Gasteiger partial charge in [0.05, 0.1) is 22.2 Å². The highest BCUT2D eigenvalue weighted by Crippen LogP contribution is 2.33. The first-order valence-electron chi connectivity index (χ1n) is 5.85. The average Bonchev–Trinajstić information content (AvgIpc) is 2.94. The van der Waals surface area contributed by atoms with Crippen molar-refractivity contribution < 1.29 is 20.1 Å². The zero-order valence-corrected chi connectivity index (χ0v) is 11.5. The Morgan fingerprint density at radius 1 is 1.20 bits per heavy atom. The number of nitrogens with zero attached hydrogens (tertiary/aromatic N) is 3. The van der Waals surface area contributed by atoms with E-state index in [9.17, 15) is 10.2 Å². The molecule has 7 nitrogen and oxygen atoms in total. The van der Waals surface area contributed by atoms with Gasteiger partial charge in [0.25, 0.3) is 0 Å². The Morgan fingerprint density at radius 2 is 1.90 bits per heavy atom. The molecule has 0 bridgehead atoms. The summed E-state index contributed by atoms with van der Waals surface area (Å²) in [5.41, 5.74) is 0.992. The van der Waals surface area contributed by atoms with Gasteiger partial charge in [0.15, 0.2) is 6.23 Å². The van der Waals surface area contributed by atoms with Crippen LogP contribution in [-0.2, 0) is 4.74 Å². The smallest absolute Gasteiger partial charge is 0.181 e. The third-order valence-electron chi connectivity index (χ3n) is 3.27. The van der Waals surface area contributed by atoms with Crippen molar-refractivity contribution in [2.24, 2.45) is 0 Å². The van der Waals surface area contributed by atoms with Crippen molar-refractivity contribution in [1.82, 2.24) is 15.0 Å². The van der Waals surface area contributed by atoms with Gasteiger partial charge in [-0.25, -0.2) is 4.68 Å². The minimum atomic E-state index is -1.23. The van der Waals surface area contributed by atoms with E-state index >= 15 is 0 Å². The summed E-state index contributed by atoms with van der Waals surface area (Å²) in [7, 11) is 0. The number of hydrogen-bond donors (Lipinski definition) is 3. The fourth-order valence-corrected chi connectivity index (χ4v) is 2.52. The van der Waals surface area contributed by atoms with Gasteiger partial charge in [-0.1, -0.05) is 28.4 Å². The molecule has 0 saturated carbocycles. The standard InChI is InChI=1S/C11H11Cl2N3O4/c12-4-1-6-7(2-5(4)13)16(15-14-6)11-10(19)9(18)8(3-17)20-11/h1-2,8-11,17-19H,3H2/t8-,9+,10+,11-/m0/s1. The van der Waals surface area contributed by atoms with Crippen LogP contribution in [0.25, 0.3) is 11.0 Å². The van der Waals surface area contributed by atoms with Gasteiger partial charge in [-0.05, 0) is 12.1 Å². The molecular weight excluding hydrogens is 309 g/mol. The summed E-state index contributed by atoms with van der Waals surface area (Å²) in [5.74, 6) is 0. The highest BCUT2D eigenvalue weighted by molar-refractivity contribution is 6.42. The summed E-state index contributed by atoms with van der Waals surface area (Å²) in [5, 5.41) is 37.3. The molecule has 1 saturated heterocycles. The summed E-state index contributed by atoms with van der Waals surface area (Å²) in [4.78, 5) is 0. The van der Waals surface area contributed by atoms with Gasteiger partial charge in [0.2, 0.25) is 0 Å². The molecule has 0 radical (unpaired) electrons. The topological polar surface area (TPSA) is 101 Å². The Hall–Kier alpha value is -0.960. The highest BCUT2D eigenvalue weighted by atomic mass is 35.5. The average molecular weight is 320 g/mol. The molecule has 1 aromatic heterocycles. The van der Waals surface area contributed by atoms with E-state index in [-0.39, 0.29) is 0 Å². The summed E-state index contributed by atoms with van der Waals surface area (Å²) in [6, 6.07) is 3.10. The number of hydrogen-bond acceptors (Lipinski definition) is 6. The van der Waals surface area contributed by atoms with Crippen LogP contribution in [0.5, 0.6) is 0 Å². The number of benzene rings is 1. The molecule has 0 spiro atoms. The Bertz CT molecular complexity index is 650. The molecule has 3 rings (SSSR count). The van der Waals surface area contributed by atoms with E-state index in [4.69, 9.17) is 33.0 Å². The lowest BCUT2D eigenvalue weighted by molar-refractivity contribution is -0.0572. The van der Waals surface area contributed by atoms with E-state index in [0.29, 0.717) is 21.1 Å². The van der Waals surface area contributed by atoms with Crippen LogP contribution >= 0.6 is 23.2 Å². The summed E-state index contributed by atoms with van der Waals surface area (Å²) in [6.45, 7) is -0.409. The Kier molecular flexibility index (Phi) is 3.57. The molecule has 1 aromatic carbocycles. The molecule has 108 valence electrons. The maximum atomic E-state index is 9.98. The molecular formula is C11H11Cl2N3O4. The third kappa shape index (κ3) is 2.07. The lowest BCUT2D eigenvalue weighted by Crippen LogP contribution is -2.33. The second-order valence-electron chi connectivity index (χ2n) is 4.52. The molecule has 0 amide bonds. The predicted molar refractivity (Wildman–Crippen MR) is 70.6 cm³/mol. The van der Waals surface area contributed by atoms with E-state index in [1.165, 1.54) is 4.68 Å². The molecule has 1 aliphatic rings. The minimum Gasteiger partial charge on any atom is -0.394 e. The molecule has 0 unspecified atom stereocenters. The zero-order chi connectivity index (χ0) is 14.4. The van der Waals surface area contributed by atoms with Gasteiger partial charge in [0, 0.05) is 0 Å². The van der Waals surface area contributed by atoms with E-state index in [1.807, 2.05) is 0 Å². The Labute approximate surface area is 123 Å². The third-order valence-corrected chi connectivity index (χ3v) is 3.99. The molecule has 9 heteroatoms. The second kappa shape index (κ2) is 5.10. The van der Waals surface area contributed by atoms with Crippen LogP contribution in [0, 0.1) is 0 Å². The van der Waals surface area contributed by atoms with Gasteiger partial charge >= 0.3 is 0 Å². The maximum Gasteiger partial charge on any atom is 0.181 e. The van der Waals surface area contributed by atoms with Gasteiger partial charge in [-0.15, -0.1) is 5.10 Å². The molecule has 3 N–H and O–H groups in total. The number of aromatic nitrogens is 3. The van der Waals surface area contributed by atoms with Crippen molar-refractivity contribution >= 4 is 34.2 Å². The van der Waals surface area contributed by atoms with Gasteiger partial charge in [0.1, 0.15) is 23.8 Å². The molecule has 4 atom stereocenters. The van der Waals surface area contributed by atoms with Gasteiger partial charge < -0.3 is 20.1 Å². The van der Waals surface area contributed by atoms with Crippen LogP contribution in [0.3, 0.4) is 0 Å². The monoisotopic (exact) mass is 319 g/mol. The van der Waals surface area contributed by atoms with Gasteiger partial charge in [-0.2, -0.15) is 0 Å². The fraction of sp³-hybridized carbons (Fsp3) is 0.455. The van der Waals surface area contributed by atoms with Crippen molar-refractivity contribution in [1.29, 1.82) is 0 Å². The van der Waals surface area contributed by atoms with Crippen LogP contribution in [0.2, 0.25) is 10.0 Å². The summed E-state index contributed by atoms with van der Waals surface area (Å²) < 4.78 is 6.70. The quantitative estimate of drug-likeness (QED) is 0.738. The maximum absolute atomic E-state index is 9.98. The van der Waals surface area contributed by atoms with Crippen LogP contribution in [0.4, 0.5) is 0 Å².